The maximum absolute atomic E-state index is 2.28. The van der Waals surface area contributed by atoms with Crippen molar-refractivity contribution < 1.29 is 0 Å². The first-order chi connectivity index (χ1) is 10.3. The van der Waals surface area contributed by atoms with Crippen LogP contribution in [0, 0.1) is 0 Å². The molecule has 0 saturated carbocycles. The molecule has 0 aliphatic heterocycles. The second kappa shape index (κ2) is 4.78. The maximum atomic E-state index is 2.28. The Labute approximate surface area is 125 Å². The van der Waals surface area contributed by atoms with Crippen LogP contribution in [0.2, 0.25) is 0 Å². The average molecular weight is 271 g/mol. The molecule has 0 N–H and O–H groups in total. The van der Waals surface area contributed by atoms with Crippen molar-refractivity contribution in [3.8, 4) is 11.1 Å². The van der Waals surface area contributed by atoms with Crippen LogP contribution in [0.1, 0.15) is 11.1 Å². The van der Waals surface area contributed by atoms with Crippen molar-refractivity contribution in [1.82, 2.24) is 0 Å². The summed E-state index contributed by atoms with van der Waals surface area (Å²) in [6, 6.07) is 25.9. The van der Waals surface area contributed by atoms with Crippen LogP contribution in [0.25, 0.3) is 11.1 Å². The van der Waals surface area contributed by atoms with E-state index in [1.54, 1.807) is 0 Å². The van der Waals surface area contributed by atoms with E-state index in [1.807, 2.05) is 0 Å². The second-order valence-electron chi connectivity index (χ2n) is 5.54. The predicted octanol–water partition coefficient (Wildman–Crippen LogP) is 5.03. The summed E-state index contributed by atoms with van der Waals surface area (Å²) in [7, 11) is 2.14. The molecule has 1 aliphatic rings. The van der Waals surface area contributed by atoms with Crippen LogP contribution in [0.3, 0.4) is 0 Å². The molecule has 0 fully saturated rings. The van der Waals surface area contributed by atoms with Crippen molar-refractivity contribution in [2.24, 2.45) is 0 Å². The minimum atomic E-state index is 1.04. The number of nitrogens with zero attached hydrogens (tertiary/aromatic N) is 1. The van der Waals surface area contributed by atoms with Crippen LogP contribution in [0.4, 0.5) is 11.4 Å². The van der Waals surface area contributed by atoms with Crippen molar-refractivity contribution in [2.75, 3.05) is 11.9 Å². The Hall–Kier alpha value is -2.54. The minimum Gasteiger partial charge on any atom is -0.344 e. The monoisotopic (exact) mass is 271 g/mol. The van der Waals surface area contributed by atoms with Gasteiger partial charge in [-0.05, 0) is 41.3 Å². The Balaban J connectivity index is 1.89. The SMILES string of the molecule is CN(c1ccccc1)c1cccc2c1-c1ccccc1C2. The van der Waals surface area contributed by atoms with Gasteiger partial charge in [0.1, 0.15) is 0 Å². The van der Waals surface area contributed by atoms with Gasteiger partial charge >= 0.3 is 0 Å². The zero-order valence-corrected chi connectivity index (χ0v) is 12.1. The molecule has 0 bridgehead atoms. The number of rotatable bonds is 2. The Morgan fingerprint density at radius 2 is 1.43 bits per heavy atom. The highest BCUT2D eigenvalue weighted by atomic mass is 15.1. The Morgan fingerprint density at radius 1 is 0.714 bits per heavy atom. The van der Waals surface area contributed by atoms with Crippen molar-refractivity contribution in [2.45, 2.75) is 6.42 Å². The van der Waals surface area contributed by atoms with E-state index in [-0.39, 0.29) is 0 Å². The molecule has 0 unspecified atom stereocenters. The lowest BCUT2D eigenvalue weighted by atomic mass is 10.0. The molecule has 1 aliphatic carbocycles. The maximum Gasteiger partial charge on any atom is 0.0490 e. The third-order valence-electron chi connectivity index (χ3n) is 4.30. The van der Waals surface area contributed by atoms with Crippen LogP contribution in [-0.4, -0.2) is 7.05 Å². The van der Waals surface area contributed by atoms with Gasteiger partial charge in [0, 0.05) is 24.0 Å². The Morgan fingerprint density at radius 3 is 2.29 bits per heavy atom. The molecule has 1 nitrogen and oxygen atoms in total. The van der Waals surface area contributed by atoms with E-state index >= 15 is 0 Å². The lowest BCUT2D eigenvalue weighted by Gasteiger charge is -2.23. The van der Waals surface area contributed by atoms with Gasteiger partial charge in [-0.1, -0.05) is 54.6 Å². The first-order valence-corrected chi connectivity index (χ1v) is 7.33. The minimum absolute atomic E-state index is 1.04. The fraction of sp³-hybridized carbons (Fsp3) is 0.100. The molecule has 3 aromatic rings. The summed E-state index contributed by atoms with van der Waals surface area (Å²) in [4.78, 5) is 2.28. The van der Waals surface area contributed by atoms with Gasteiger partial charge < -0.3 is 4.90 Å². The third kappa shape index (κ3) is 1.93. The number of benzene rings is 3. The van der Waals surface area contributed by atoms with E-state index in [2.05, 4.69) is 84.7 Å². The smallest absolute Gasteiger partial charge is 0.0490 e. The Kier molecular flexibility index (Phi) is 2.78. The highest BCUT2D eigenvalue weighted by Crippen LogP contribution is 2.43. The fourth-order valence-corrected chi connectivity index (χ4v) is 3.24. The van der Waals surface area contributed by atoms with Gasteiger partial charge in [0.25, 0.3) is 0 Å². The second-order valence-corrected chi connectivity index (χ2v) is 5.54. The third-order valence-corrected chi connectivity index (χ3v) is 4.30. The topological polar surface area (TPSA) is 3.24 Å². The van der Waals surface area contributed by atoms with E-state index in [0.717, 1.165) is 6.42 Å². The van der Waals surface area contributed by atoms with Gasteiger partial charge in [0.15, 0.2) is 0 Å². The fourth-order valence-electron chi connectivity index (χ4n) is 3.24. The standard InChI is InChI=1S/C20H17N/c1-21(17-10-3-2-4-11-17)19-13-7-9-16-14-15-8-5-6-12-18(15)20(16)19/h2-13H,14H2,1H3. The quantitative estimate of drug-likeness (QED) is 0.494. The first kappa shape index (κ1) is 12.2. The summed E-state index contributed by atoms with van der Waals surface area (Å²) in [6.45, 7) is 0. The summed E-state index contributed by atoms with van der Waals surface area (Å²) in [5.74, 6) is 0. The van der Waals surface area contributed by atoms with Crippen molar-refractivity contribution >= 4 is 11.4 Å². The van der Waals surface area contributed by atoms with Crippen LogP contribution >= 0.6 is 0 Å². The van der Waals surface area contributed by atoms with Crippen LogP contribution in [-0.2, 0) is 6.42 Å². The summed E-state index contributed by atoms with van der Waals surface area (Å²) in [5.41, 5.74) is 8.13. The van der Waals surface area contributed by atoms with E-state index in [4.69, 9.17) is 0 Å². The molecule has 21 heavy (non-hydrogen) atoms. The lowest BCUT2D eigenvalue weighted by Crippen LogP contribution is -2.10. The van der Waals surface area contributed by atoms with Gasteiger partial charge in [-0.3, -0.25) is 0 Å². The van der Waals surface area contributed by atoms with Gasteiger partial charge in [0.05, 0.1) is 0 Å². The zero-order chi connectivity index (χ0) is 14.2. The van der Waals surface area contributed by atoms with E-state index in [9.17, 15) is 0 Å². The number of fused-ring (bicyclic) bond motifs is 3. The summed E-state index contributed by atoms with van der Waals surface area (Å²) in [6.07, 6.45) is 1.04. The molecule has 0 aromatic heterocycles. The van der Waals surface area contributed by atoms with Crippen LogP contribution < -0.4 is 4.90 Å². The molecule has 3 aromatic carbocycles. The molecule has 0 atom stereocenters. The largest absolute Gasteiger partial charge is 0.344 e. The van der Waals surface area contributed by atoms with Crippen molar-refractivity contribution in [3.05, 3.63) is 83.9 Å². The molecular weight excluding hydrogens is 254 g/mol. The van der Waals surface area contributed by atoms with E-state index in [0.29, 0.717) is 0 Å². The molecule has 0 amide bonds. The van der Waals surface area contributed by atoms with Crippen LogP contribution in [0.15, 0.2) is 72.8 Å². The summed E-state index contributed by atoms with van der Waals surface area (Å²) >= 11 is 0. The van der Waals surface area contributed by atoms with Gasteiger partial charge in [-0.25, -0.2) is 0 Å². The normalized spacial score (nSPS) is 11.9. The molecule has 1 heteroatoms. The van der Waals surface area contributed by atoms with Gasteiger partial charge in [0.2, 0.25) is 0 Å². The summed E-state index contributed by atoms with van der Waals surface area (Å²) < 4.78 is 0. The molecule has 0 spiro atoms. The number of para-hydroxylation sites is 1. The Bertz CT molecular complexity index is 790. The van der Waals surface area contributed by atoms with Crippen LogP contribution in [0.5, 0.6) is 0 Å². The highest BCUT2D eigenvalue weighted by Gasteiger charge is 2.22. The van der Waals surface area contributed by atoms with E-state index < -0.39 is 0 Å². The molecule has 102 valence electrons. The zero-order valence-electron chi connectivity index (χ0n) is 12.1. The number of hydrogen-bond donors (Lipinski definition) is 0. The molecular formula is C20H17N. The first-order valence-electron chi connectivity index (χ1n) is 7.33. The summed E-state index contributed by atoms with van der Waals surface area (Å²) in [5, 5.41) is 0. The predicted molar refractivity (Wildman–Crippen MR) is 89.2 cm³/mol. The molecule has 0 saturated heterocycles. The number of anilines is 2. The van der Waals surface area contributed by atoms with Gasteiger partial charge in [-0.2, -0.15) is 0 Å². The molecule has 0 radical (unpaired) electrons. The average Bonchev–Trinajstić information content (AvgIpc) is 2.93. The van der Waals surface area contributed by atoms with E-state index in [1.165, 1.54) is 33.6 Å². The number of hydrogen-bond acceptors (Lipinski definition) is 1. The van der Waals surface area contributed by atoms with Crippen molar-refractivity contribution in [3.63, 3.8) is 0 Å². The molecule has 4 rings (SSSR count). The highest BCUT2D eigenvalue weighted by molar-refractivity contribution is 5.89. The lowest BCUT2D eigenvalue weighted by molar-refractivity contribution is 1.20. The molecule has 0 heterocycles. The van der Waals surface area contributed by atoms with Crippen molar-refractivity contribution in [1.29, 1.82) is 0 Å². The van der Waals surface area contributed by atoms with Gasteiger partial charge in [-0.15, -0.1) is 0 Å².